The summed E-state index contributed by atoms with van der Waals surface area (Å²) < 4.78 is 36.4. The number of hydrogen-bond donors (Lipinski definition) is 3. The summed E-state index contributed by atoms with van der Waals surface area (Å²) in [6, 6.07) is 13.7. The van der Waals surface area contributed by atoms with Crippen LogP contribution < -0.4 is 16.8 Å². The number of nitrogens with two attached hydrogens (primary N) is 2. The fourth-order valence-electron chi connectivity index (χ4n) is 5.18. The first kappa shape index (κ1) is 33.9. The monoisotopic (exact) mass is 597 g/mol. The molecule has 10 heteroatoms. The zero-order valence-electron chi connectivity index (χ0n) is 25.6. The maximum Gasteiger partial charge on any atom is 0.237 e. The average Bonchev–Trinajstić information content (AvgIpc) is 3.37. The molecule has 0 aliphatic carbocycles. The molecule has 2 atom stereocenters. The molecule has 3 aromatic rings. The maximum atomic E-state index is 14.9. The van der Waals surface area contributed by atoms with E-state index in [9.17, 15) is 18.4 Å². The van der Waals surface area contributed by atoms with Gasteiger partial charge in [-0.05, 0) is 41.7 Å². The summed E-state index contributed by atoms with van der Waals surface area (Å²) in [5, 5.41) is 2.76. The molecule has 0 spiro atoms. The van der Waals surface area contributed by atoms with E-state index < -0.39 is 29.1 Å². The summed E-state index contributed by atoms with van der Waals surface area (Å²) in [5.41, 5.74) is 13.6. The van der Waals surface area contributed by atoms with Crippen LogP contribution in [0, 0.1) is 17.0 Å². The van der Waals surface area contributed by atoms with Crippen molar-refractivity contribution >= 4 is 11.8 Å². The first-order valence-electron chi connectivity index (χ1n) is 14.8. The standard InChI is InChI=1S/C33H45F2N5O3/c1-5-30(41)40(16-13-28(37)32(42)38-15-18-43-17-14-36)31(33(2,3)4)29-19-24(26-20-25(34)11-12-27(26)35)22-39(29)21-23-9-7-6-8-10-23/h6-12,19-20,22,28,31H,5,13-18,21,36-37H2,1-4H3,(H,38,42)/t28-,31-/m0/s1. The van der Waals surface area contributed by atoms with E-state index in [1.54, 1.807) is 18.0 Å². The van der Waals surface area contributed by atoms with Crippen molar-refractivity contribution in [1.82, 2.24) is 14.8 Å². The Kier molecular flexibility index (Phi) is 12.4. The summed E-state index contributed by atoms with van der Waals surface area (Å²) in [5.74, 6) is -1.51. The van der Waals surface area contributed by atoms with Crippen molar-refractivity contribution in [2.45, 2.75) is 59.2 Å². The predicted molar refractivity (Wildman–Crippen MR) is 165 cm³/mol. The fraction of sp³-hybridized carbons (Fsp3) is 0.455. The minimum atomic E-state index is -0.838. The van der Waals surface area contributed by atoms with Crippen LogP contribution in [0.1, 0.15) is 57.8 Å². The molecular formula is C33H45F2N5O3. The van der Waals surface area contributed by atoms with Gasteiger partial charge in [0.1, 0.15) is 11.6 Å². The minimum Gasteiger partial charge on any atom is -0.378 e. The molecule has 2 aromatic carbocycles. The molecule has 0 saturated carbocycles. The summed E-state index contributed by atoms with van der Waals surface area (Å²) in [6.07, 6.45) is 2.29. The Morgan fingerprint density at radius 2 is 1.79 bits per heavy atom. The van der Waals surface area contributed by atoms with Crippen LogP contribution in [0.4, 0.5) is 8.78 Å². The molecule has 0 aliphatic rings. The number of carbonyl (C=O) groups excluding carboxylic acids is 2. The van der Waals surface area contributed by atoms with E-state index >= 15 is 0 Å². The summed E-state index contributed by atoms with van der Waals surface area (Å²) in [4.78, 5) is 27.9. The Morgan fingerprint density at radius 3 is 2.44 bits per heavy atom. The van der Waals surface area contributed by atoms with Crippen LogP contribution >= 0.6 is 0 Å². The SMILES string of the molecule is CCC(=O)N(CC[C@H](N)C(=O)NCCOCCN)[C@@H](c1cc(-c2cc(F)ccc2F)cn1Cc1ccccc1)C(C)(C)C. The molecular weight excluding hydrogens is 552 g/mol. The van der Waals surface area contributed by atoms with Gasteiger partial charge in [0.2, 0.25) is 11.8 Å². The molecule has 234 valence electrons. The number of rotatable bonds is 15. The van der Waals surface area contributed by atoms with E-state index in [1.807, 2.05) is 61.7 Å². The number of nitrogens with one attached hydrogen (secondary N) is 1. The highest BCUT2D eigenvalue weighted by Crippen LogP contribution is 2.41. The highest BCUT2D eigenvalue weighted by atomic mass is 19.1. The van der Waals surface area contributed by atoms with Gasteiger partial charge in [0, 0.05) is 55.6 Å². The number of hydrogen-bond acceptors (Lipinski definition) is 5. The molecule has 8 nitrogen and oxygen atoms in total. The molecule has 5 N–H and O–H groups in total. The lowest BCUT2D eigenvalue weighted by atomic mass is 9.82. The summed E-state index contributed by atoms with van der Waals surface area (Å²) in [6.45, 7) is 10.0. The van der Waals surface area contributed by atoms with Crippen LogP contribution in [0.5, 0.6) is 0 Å². The highest BCUT2D eigenvalue weighted by Gasteiger charge is 2.37. The first-order valence-corrected chi connectivity index (χ1v) is 14.8. The van der Waals surface area contributed by atoms with Crippen LogP contribution in [-0.2, 0) is 20.9 Å². The Hall–Kier alpha value is -3.60. The first-order chi connectivity index (χ1) is 20.5. The van der Waals surface area contributed by atoms with Crippen LogP contribution in [0.2, 0.25) is 0 Å². The van der Waals surface area contributed by atoms with Crippen molar-refractivity contribution in [3.05, 3.63) is 83.7 Å². The van der Waals surface area contributed by atoms with E-state index in [0.29, 0.717) is 38.4 Å². The van der Waals surface area contributed by atoms with E-state index in [1.165, 1.54) is 6.07 Å². The largest absolute Gasteiger partial charge is 0.378 e. The normalized spacial score (nSPS) is 13.0. The van der Waals surface area contributed by atoms with Crippen LogP contribution in [0.15, 0.2) is 60.8 Å². The Labute approximate surface area is 253 Å². The fourth-order valence-corrected chi connectivity index (χ4v) is 5.18. The van der Waals surface area contributed by atoms with Gasteiger partial charge in [-0.1, -0.05) is 58.0 Å². The van der Waals surface area contributed by atoms with Crippen molar-refractivity contribution in [1.29, 1.82) is 0 Å². The molecule has 0 aliphatic heterocycles. The number of nitrogens with zero attached hydrogens (tertiary/aromatic N) is 2. The number of amides is 2. The molecule has 2 amide bonds. The Bertz CT molecular complexity index is 1340. The zero-order chi connectivity index (χ0) is 31.6. The van der Waals surface area contributed by atoms with Gasteiger partial charge in [-0.15, -0.1) is 0 Å². The average molecular weight is 598 g/mol. The number of halogens is 2. The lowest BCUT2D eigenvalue weighted by molar-refractivity contribution is -0.136. The quantitative estimate of drug-likeness (QED) is 0.221. The molecule has 43 heavy (non-hydrogen) atoms. The van der Waals surface area contributed by atoms with Gasteiger partial charge >= 0.3 is 0 Å². The van der Waals surface area contributed by atoms with E-state index in [0.717, 1.165) is 23.4 Å². The van der Waals surface area contributed by atoms with Gasteiger partial charge in [-0.25, -0.2) is 8.78 Å². The highest BCUT2D eigenvalue weighted by molar-refractivity contribution is 5.81. The lowest BCUT2D eigenvalue weighted by Crippen LogP contribution is -2.47. The Balaban J connectivity index is 1.99. The van der Waals surface area contributed by atoms with Crippen molar-refractivity contribution in [3.63, 3.8) is 0 Å². The summed E-state index contributed by atoms with van der Waals surface area (Å²) in [7, 11) is 0. The predicted octanol–water partition coefficient (Wildman–Crippen LogP) is 4.62. The third kappa shape index (κ3) is 9.44. The van der Waals surface area contributed by atoms with Crippen molar-refractivity contribution in [3.8, 4) is 11.1 Å². The molecule has 0 saturated heterocycles. The number of benzene rings is 2. The third-order valence-corrected chi connectivity index (χ3v) is 7.23. The second kappa shape index (κ2) is 15.7. The number of aromatic nitrogens is 1. The van der Waals surface area contributed by atoms with Crippen LogP contribution in [0.3, 0.4) is 0 Å². The second-order valence-electron chi connectivity index (χ2n) is 11.7. The van der Waals surface area contributed by atoms with Crippen LogP contribution in [-0.4, -0.2) is 60.2 Å². The summed E-state index contributed by atoms with van der Waals surface area (Å²) >= 11 is 0. The molecule has 1 aromatic heterocycles. The molecule has 0 unspecified atom stereocenters. The van der Waals surface area contributed by atoms with Crippen molar-refractivity contribution in [2.24, 2.45) is 16.9 Å². The smallest absolute Gasteiger partial charge is 0.237 e. The zero-order valence-corrected chi connectivity index (χ0v) is 25.6. The van der Waals surface area contributed by atoms with Gasteiger partial charge in [0.15, 0.2) is 0 Å². The maximum absolute atomic E-state index is 14.9. The third-order valence-electron chi connectivity index (χ3n) is 7.23. The van der Waals surface area contributed by atoms with Gasteiger partial charge in [-0.2, -0.15) is 0 Å². The van der Waals surface area contributed by atoms with Crippen molar-refractivity contribution < 1.29 is 23.1 Å². The topological polar surface area (TPSA) is 116 Å². The lowest BCUT2D eigenvalue weighted by Gasteiger charge is -2.41. The van der Waals surface area contributed by atoms with Gasteiger partial charge in [-0.3, -0.25) is 9.59 Å². The van der Waals surface area contributed by atoms with Crippen LogP contribution in [0.25, 0.3) is 11.1 Å². The van der Waals surface area contributed by atoms with E-state index in [2.05, 4.69) is 5.32 Å². The molecule has 1 heterocycles. The van der Waals surface area contributed by atoms with Gasteiger partial charge < -0.3 is 31.0 Å². The van der Waals surface area contributed by atoms with Gasteiger partial charge in [0.25, 0.3) is 0 Å². The number of ether oxygens (including phenoxy) is 1. The van der Waals surface area contributed by atoms with E-state index in [4.69, 9.17) is 16.2 Å². The molecule has 0 fully saturated rings. The molecule has 0 radical (unpaired) electrons. The molecule has 3 rings (SSSR count). The van der Waals surface area contributed by atoms with Crippen molar-refractivity contribution in [2.75, 3.05) is 32.8 Å². The Morgan fingerprint density at radius 1 is 1.07 bits per heavy atom. The minimum absolute atomic E-state index is 0.103. The van der Waals surface area contributed by atoms with Gasteiger partial charge in [0.05, 0.1) is 25.3 Å². The number of carbonyl (C=O) groups is 2. The second-order valence-corrected chi connectivity index (χ2v) is 11.7. The van der Waals surface area contributed by atoms with E-state index in [-0.39, 0.29) is 36.8 Å². The molecule has 0 bridgehead atoms.